The van der Waals surface area contributed by atoms with Gasteiger partial charge in [-0.05, 0) is 19.3 Å². The van der Waals surface area contributed by atoms with Crippen molar-refractivity contribution in [3.05, 3.63) is 35.4 Å². The van der Waals surface area contributed by atoms with Crippen molar-refractivity contribution in [2.45, 2.75) is 19.8 Å². The fourth-order valence-electron chi connectivity index (χ4n) is 1.34. The molecule has 1 atom stereocenters. The second-order valence-electron chi connectivity index (χ2n) is 3.49. The number of nitrogens with one attached hydrogen (secondary N) is 1. The van der Waals surface area contributed by atoms with E-state index >= 15 is 0 Å². The smallest absolute Gasteiger partial charge is 0.374 e. The van der Waals surface area contributed by atoms with Crippen LogP contribution < -0.4 is 5.23 Å². The molecule has 1 rings (SSSR count). The minimum absolute atomic E-state index is 0.0199. The summed E-state index contributed by atoms with van der Waals surface area (Å²) in [5.74, 6) is 0. The molecule has 0 radical (unpaired) electrons. The molecule has 0 saturated carbocycles. The number of hydrogen-bond donors (Lipinski definition) is 3. The normalized spacial score (nSPS) is 12.6. The van der Waals surface area contributed by atoms with E-state index in [9.17, 15) is 0 Å². The van der Waals surface area contributed by atoms with Gasteiger partial charge in [-0.15, -0.1) is 0 Å². The Morgan fingerprint density at radius 1 is 1.36 bits per heavy atom. The van der Waals surface area contributed by atoms with Crippen LogP contribution in [0.3, 0.4) is 0 Å². The van der Waals surface area contributed by atoms with E-state index in [1.807, 2.05) is 31.2 Å². The van der Waals surface area contributed by atoms with E-state index in [-0.39, 0.29) is 12.6 Å². The van der Waals surface area contributed by atoms with Gasteiger partial charge in [0, 0.05) is 6.04 Å². The third-order valence-electron chi connectivity index (χ3n) is 2.10. The fourth-order valence-corrected chi connectivity index (χ4v) is 1.34. The second-order valence-corrected chi connectivity index (χ2v) is 3.49. The summed E-state index contributed by atoms with van der Waals surface area (Å²) in [4.78, 5) is 0. The highest BCUT2D eigenvalue weighted by Gasteiger charge is 2.13. The van der Waals surface area contributed by atoms with Crippen molar-refractivity contribution in [1.82, 2.24) is 5.23 Å². The summed E-state index contributed by atoms with van der Waals surface area (Å²) >= 11 is 0. The maximum absolute atomic E-state index is 9.15. The van der Waals surface area contributed by atoms with Crippen molar-refractivity contribution in [1.29, 1.82) is 0 Å². The van der Waals surface area contributed by atoms with Gasteiger partial charge >= 0.3 is 7.05 Å². The summed E-state index contributed by atoms with van der Waals surface area (Å²) in [5, 5.41) is 21.1. The van der Waals surface area contributed by atoms with Crippen LogP contribution in [0.15, 0.2) is 24.3 Å². The number of aliphatic hydroxyl groups is 1. The quantitative estimate of drug-likeness (QED) is 0.617. The van der Waals surface area contributed by atoms with Gasteiger partial charge in [0.2, 0.25) is 0 Å². The third kappa shape index (κ3) is 3.14. The first-order chi connectivity index (χ1) is 6.63. The van der Waals surface area contributed by atoms with Crippen LogP contribution in [-0.4, -0.2) is 23.8 Å². The Morgan fingerprint density at radius 3 is 2.36 bits per heavy atom. The van der Waals surface area contributed by atoms with E-state index in [2.05, 4.69) is 5.23 Å². The lowest BCUT2D eigenvalue weighted by molar-refractivity contribution is 0.255. The van der Waals surface area contributed by atoms with Crippen molar-refractivity contribution in [3.8, 4) is 0 Å². The molecule has 0 spiro atoms. The topological polar surface area (TPSA) is 52.5 Å². The lowest BCUT2D eigenvalue weighted by Gasteiger charge is -2.17. The molecule has 0 aliphatic carbocycles. The Kier molecular flexibility index (Phi) is 4.13. The predicted molar refractivity (Wildman–Crippen MR) is 58.0 cm³/mol. The average Bonchev–Trinajstić information content (AvgIpc) is 2.15. The van der Waals surface area contributed by atoms with Crippen molar-refractivity contribution < 1.29 is 10.1 Å². The lowest BCUT2D eigenvalue weighted by atomic mass is 9.86. The van der Waals surface area contributed by atoms with Crippen LogP contribution >= 0.6 is 0 Å². The Bertz CT molecular complexity index is 274. The van der Waals surface area contributed by atoms with Crippen LogP contribution in [0.4, 0.5) is 0 Å². The van der Waals surface area contributed by atoms with Crippen LogP contribution in [0.25, 0.3) is 0 Å². The van der Waals surface area contributed by atoms with E-state index in [4.69, 9.17) is 10.1 Å². The zero-order valence-corrected chi connectivity index (χ0v) is 8.57. The molecule has 1 aromatic carbocycles. The molecule has 0 unspecified atom stereocenters. The molecule has 0 aliphatic rings. The first kappa shape index (κ1) is 11.2. The Hall–Kier alpha value is -0.835. The fraction of sp³-hybridized carbons (Fsp3) is 0.400. The average molecular weight is 193 g/mol. The van der Waals surface area contributed by atoms with Crippen molar-refractivity contribution in [2.75, 3.05) is 6.61 Å². The van der Waals surface area contributed by atoms with Crippen molar-refractivity contribution in [3.63, 3.8) is 0 Å². The molecule has 0 aliphatic heterocycles. The van der Waals surface area contributed by atoms with Gasteiger partial charge in [0.25, 0.3) is 0 Å². The zero-order valence-electron chi connectivity index (χ0n) is 8.57. The summed E-state index contributed by atoms with van der Waals surface area (Å²) in [5.41, 5.74) is 2.17. The van der Waals surface area contributed by atoms with Crippen molar-refractivity contribution in [2.24, 2.45) is 0 Å². The molecule has 3 N–H and O–H groups in total. The molecular weight excluding hydrogens is 177 g/mol. The minimum atomic E-state index is -0.617. The first-order valence-corrected chi connectivity index (χ1v) is 4.75. The molecule has 0 aromatic heterocycles. The summed E-state index contributed by atoms with van der Waals surface area (Å²) in [7, 11) is -0.617. The Labute approximate surface area is 84.9 Å². The maximum atomic E-state index is 9.15. The Balaban J connectivity index is 2.73. The van der Waals surface area contributed by atoms with Gasteiger partial charge in [0.05, 0.1) is 6.61 Å². The lowest BCUT2D eigenvalue weighted by Crippen LogP contribution is -2.36. The third-order valence-corrected chi connectivity index (χ3v) is 2.10. The van der Waals surface area contributed by atoms with E-state index in [0.29, 0.717) is 0 Å². The molecule has 76 valence electrons. The number of benzene rings is 1. The Morgan fingerprint density at radius 2 is 1.93 bits per heavy atom. The molecule has 0 bridgehead atoms. The van der Waals surface area contributed by atoms with Crippen LogP contribution in [0.1, 0.15) is 17.2 Å². The van der Waals surface area contributed by atoms with E-state index in [1.165, 1.54) is 5.56 Å². The molecule has 4 heteroatoms. The van der Waals surface area contributed by atoms with E-state index in [0.717, 1.165) is 5.56 Å². The molecule has 0 amide bonds. The molecule has 3 nitrogen and oxygen atoms in total. The number of aryl methyl sites for hydroxylation is 1. The summed E-state index contributed by atoms with van der Waals surface area (Å²) in [6.07, 6.45) is 0. The highest BCUT2D eigenvalue weighted by Crippen LogP contribution is 2.13. The number of rotatable bonds is 4. The number of hydrogen-bond acceptors (Lipinski definition) is 3. The van der Waals surface area contributed by atoms with Gasteiger partial charge in [-0.3, -0.25) is 0 Å². The summed E-state index contributed by atoms with van der Waals surface area (Å²) in [6, 6.07) is 7.68. The highest BCUT2D eigenvalue weighted by atomic mass is 16.3. The monoisotopic (exact) mass is 193 g/mol. The molecule has 0 heterocycles. The predicted octanol–water partition coefficient (Wildman–Crippen LogP) is 0.728. The molecule has 14 heavy (non-hydrogen) atoms. The van der Waals surface area contributed by atoms with Gasteiger partial charge in [-0.1, -0.05) is 29.8 Å². The molecule has 1 aromatic rings. The van der Waals surface area contributed by atoms with Gasteiger partial charge < -0.3 is 15.4 Å². The zero-order chi connectivity index (χ0) is 10.6. The molecule has 0 fully saturated rings. The minimum Gasteiger partial charge on any atom is -0.437 e. The standard InChI is InChI=1S/C10H16BNO2/c1-8-3-5-9(6-4-8)10(7-13)12-11(2)14/h3-6,10,12-14H,7H2,1-2H3/t10-/m0/s1. The van der Waals surface area contributed by atoms with Crippen LogP contribution in [-0.2, 0) is 0 Å². The maximum Gasteiger partial charge on any atom is 0.374 e. The van der Waals surface area contributed by atoms with Gasteiger partial charge in [-0.25, -0.2) is 0 Å². The van der Waals surface area contributed by atoms with Crippen LogP contribution in [0.5, 0.6) is 0 Å². The largest absolute Gasteiger partial charge is 0.437 e. The van der Waals surface area contributed by atoms with Crippen LogP contribution in [0, 0.1) is 6.92 Å². The molecular formula is C10H16BNO2. The summed E-state index contributed by atoms with van der Waals surface area (Å²) in [6.45, 7) is 3.63. The van der Waals surface area contributed by atoms with Gasteiger partial charge in [0.1, 0.15) is 0 Å². The first-order valence-electron chi connectivity index (χ1n) is 4.75. The van der Waals surface area contributed by atoms with Gasteiger partial charge in [-0.2, -0.15) is 0 Å². The van der Waals surface area contributed by atoms with E-state index < -0.39 is 7.05 Å². The summed E-state index contributed by atoms with van der Waals surface area (Å²) < 4.78 is 0. The van der Waals surface area contributed by atoms with Gasteiger partial charge in [0.15, 0.2) is 0 Å². The SMILES string of the molecule is CB(O)N[C@@H](CO)c1ccc(C)cc1. The second kappa shape index (κ2) is 5.15. The van der Waals surface area contributed by atoms with Crippen molar-refractivity contribution >= 4 is 7.05 Å². The highest BCUT2D eigenvalue weighted by molar-refractivity contribution is 6.45. The van der Waals surface area contributed by atoms with E-state index in [1.54, 1.807) is 6.82 Å². The molecule has 0 saturated heterocycles. The van der Waals surface area contributed by atoms with Crippen LogP contribution in [0.2, 0.25) is 6.82 Å². The number of aliphatic hydroxyl groups excluding tert-OH is 1.